The molecule has 43 heavy (non-hydrogen) atoms. The lowest BCUT2D eigenvalue weighted by Crippen LogP contribution is -2.46. The van der Waals surface area contributed by atoms with Crippen LogP contribution in [0.3, 0.4) is 0 Å². The molecule has 0 aliphatic carbocycles. The maximum absolute atomic E-state index is 13.7. The molecule has 2 aromatic rings. The number of hydrogen-bond acceptors (Lipinski definition) is 4. The van der Waals surface area contributed by atoms with Gasteiger partial charge in [0.25, 0.3) is 0 Å². The minimum atomic E-state index is -0.589. The van der Waals surface area contributed by atoms with Crippen molar-refractivity contribution in [1.82, 2.24) is 10.2 Å². The molecule has 2 aromatic carbocycles. The summed E-state index contributed by atoms with van der Waals surface area (Å²) in [5, 5.41) is 2.61. The largest absolute Gasteiger partial charge is 0.461 e. The van der Waals surface area contributed by atoms with Crippen LogP contribution < -0.4 is 5.32 Å². The molecule has 0 bridgehead atoms. The number of carbonyl (C=O) groups is 3. The van der Waals surface area contributed by atoms with Gasteiger partial charge in [0.15, 0.2) is 0 Å². The number of rotatable bonds is 23. The first-order valence-corrected chi connectivity index (χ1v) is 16.8. The van der Waals surface area contributed by atoms with E-state index in [1.807, 2.05) is 60.7 Å². The molecule has 1 N–H and O–H groups in total. The first-order valence-electron chi connectivity index (χ1n) is 16.8. The first-order chi connectivity index (χ1) is 21.0. The zero-order chi connectivity index (χ0) is 31.0. The van der Waals surface area contributed by atoms with Gasteiger partial charge in [0.1, 0.15) is 6.61 Å². The zero-order valence-electron chi connectivity index (χ0n) is 26.9. The van der Waals surface area contributed by atoms with Gasteiger partial charge >= 0.3 is 12.0 Å². The standard InChI is InChI=1S/C37H56N2O4/c1-3-4-5-6-7-8-9-10-11-12-13-14-15-22-27-34(30-35(40)43-31-33-25-20-17-21-26-33)36(41)39(37(42)38-2)29-28-32-23-18-16-19-24-32/h16-21,23-26,34H,3-15,22,27-31H2,1-2H3,(H,38,42). The van der Waals surface area contributed by atoms with Crippen LogP contribution in [0.4, 0.5) is 4.79 Å². The molecule has 6 heteroatoms. The summed E-state index contributed by atoms with van der Waals surface area (Å²) in [6.07, 6.45) is 18.7. The number of unbranched alkanes of at least 4 members (excludes halogenated alkanes) is 13. The van der Waals surface area contributed by atoms with Crippen LogP contribution in [0.2, 0.25) is 0 Å². The molecule has 6 nitrogen and oxygen atoms in total. The summed E-state index contributed by atoms with van der Waals surface area (Å²) < 4.78 is 5.52. The number of carbonyl (C=O) groups excluding carboxylic acids is 3. The topological polar surface area (TPSA) is 75.7 Å². The lowest BCUT2D eigenvalue weighted by atomic mass is 9.95. The van der Waals surface area contributed by atoms with E-state index in [2.05, 4.69) is 12.2 Å². The minimum absolute atomic E-state index is 0.0249. The van der Waals surface area contributed by atoms with Crippen molar-refractivity contribution in [1.29, 1.82) is 0 Å². The molecule has 0 aromatic heterocycles. The molecule has 0 saturated carbocycles. The highest BCUT2D eigenvalue weighted by molar-refractivity contribution is 5.96. The molecule has 0 aliphatic heterocycles. The zero-order valence-corrected chi connectivity index (χ0v) is 26.9. The quantitative estimate of drug-likeness (QED) is 0.103. The van der Waals surface area contributed by atoms with E-state index in [1.165, 1.54) is 82.6 Å². The number of urea groups is 1. The molecule has 1 atom stereocenters. The Bertz CT molecular complexity index is 1010. The number of amides is 3. The number of benzene rings is 2. The van der Waals surface area contributed by atoms with Crippen molar-refractivity contribution in [3.8, 4) is 0 Å². The van der Waals surface area contributed by atoms with E-state index >= 15 is 0 Å². The number of imide groups is 1. The van der Waals surface area contributed by atoms with Crippen LogP contribution in [0.25, 0.3) is 0 Å². The Hall–Kier alpha value is -3.15. The van der Waals surface area contributed by atoms with Crippen LogP contribution >= 0.6 is 0 Å². The van der Waals surface area contributed by atoms with Gasteiger partial charge in [0.05, 0.1) is 6.42 Å². The lowest BCUT2D eigenvalue weighted by molar-refractivity contribution is -0.149. The van der Waals surface area contributed by atoms with Gasteiger partial charge in [-0.3, -0.25) is 14.5 Å². The van der Waals surface area contributed by atoms with E-state index in [4.69, 9.17) is 4.74 Å². The summed E-state index contributed by atoms with van der Waals surface area (Å²) >= 11 is 0. The summed E-state index contributed by atoms with van der Waals surface area (Å²) in [4.78, 5) is 40.5. The monoisotopic (exact) mass is 592 g/mol. The van der Waals surface area contributed by atoms with Crippen LogP contribution in [0.5, 0.6) is 0 Å². The van der Waals surface area contributed by atoms with Gasteiger partial charge in [0.2, 0.25) is 5.91 Å². The number of hydrogen-bond donors (Lipinski definition) is 1. The fourth-order valence-electron chi connectivity index (χ4n) is 5.45. The molecule has 0 radical (unpaired) electrons. The highest BCUT2D eigenvalue weighted by Gasteiger charge is 2.30. The molecule has 0 saturated heterocycles. The molecule has 3 amide bonds. The van der Waals surface area contributed by atoms with Crippen molar-refractivity contribution in [2.45, 2.75) is 123 Å². The van der Waals surface area contributed by atoms with E-state index in [0.29, 0.717) is 12.8 Å². The van der Waals surface area contributed by atoms with Crippen LogP contribution in [0.1, 0.15) is 121 Å². The minimum Gasteiger partial charge on any atom is -0.461 e. The Labute approximate surface area is 261 Å². The van der Waals surface area contributed by atoms with Gasteiger partial charge in [-0.25, -0.2) is 4.79 Å². The van der Waals surface area contributed by atoms with Crippen molar-refractivity contribution < 1.29 is 19.1 Å². The molecule has 0 aliphatic rings. The third-order valence-corrected chi connectivity index (χ3v) is 8.10. The van der Waals surface area contributed by atoms with Gasteiger partial charge in [-0.15, -0.1) is 0 Å². The van der Waals surface area contributed by atoms with Crippen LogP contribution in [0, 0.1) is 5.92 Å². The fourth-order valence-corrected chi connectivity index (χ4v) is 5.45. The van der Waals surface area contributed by atoms with Crippen molar-refractivity contribution in [2.75, 3.05) is 13.6 Å². The van der Waals surface area contributed by atoms with Crippen molar-refractivity contribution in [3.63, 3.8) is 0 Å². The van der Waals surface area contributed by atoms with Gasteiger partial charge in [-0.05, 0) is 24.0 Å². The molecule has 238 valence electrons. The Morgan fingerprint density at radius 1 is 0.698 bits per heavy atom. The Kier molecular flexibility index (Phi) is 19.6. The maximum Gasteiger partial charge on any atom is 0.323 e. The molecular weight excluding hydrogens is 536 g/mol. The Balaban J connectivity index is 1.83. The second-order valence-corrected chi connectivity index (χ2v) is 11.7. The lowest BCUT2D eigenvalue weighted by Gasteiger charge is -2.25. The average Bonchev–Trinajstić information content (AvgIpc) is 3.04. The molecule has 2 rings (SSSR count). The Morgan fingerprint density at radius 3 is 1.70 bits per heavy atom. The predicted molar refractivity (Wildman–Crippen MR) is 176 cm³/mol. The summed E-state index contributed by atoms with van der Waals surface area (Å²) in [5.41, 5.74) is 1.95. The third kappa shape index (κ3) is 16.3. The summed E-state index contributed by atoms with van der Waals surface area (Å²) in [6.45, 7) is 2.70. The van der Waals surface area contributed by atoms with E-state index in [-0.39, 0.29) is 25.5 Å². The number of esters is 1. The molecule has 0 heterocycles. The van der Waals surface area contributed by atoms with Gasteiger partial charge in [-0.2, -0.15) is 0 Å². The normalized spacial score (nSPS) is 11.6. The summed E-state index contributed by atoms with van der Waals surface area (Å²) in [5.74, 6) is -1.30. The van der Waals surface area contributed by atoms with Crippen LogP contribution in [0.15, 0.2) is 60.7 Å². The molecular formula is C37H56N2O4. The number of nitrogens with one attached hydrogen (secondary N) is 1. The van der Waals surface area contributed by atoms with Gasteiger partial charge < -0.3 is 10.1 Å². The van der Waals surface area contributed by atoms with Gasteiger partial charge in [0, 0.05) is 19.5 Å². The smallest absolute Gasteiger partial charge is 0.323 e. The molecule has 1 unspecified atom stereocenters. The fraction of sp³-hybridized carbons (Fsp3) is 0.595. The van der Waals surface area contributed by atoms with E-state index in [0.717, 1.165) is 30.4 Å². The van der Waals surface area contributed by atoms with Crippen molar-refractivity contribution in [3.05, 3.63) is 71.8 Å². The van der Waals surface area contributed by atoms with Crippen molar-refractivity contribution in [2.24, 2.45) is 5.92 Å². The van der Waals surface area contributed by atoms with Crippen molar-refractivity contribution >= 4 is 17.9 Å². The average molecular weight is 593 g/mol. The SMILES string of the molecule is CCCCCCCCCCCCCCCCC(CC(=O)OCc1ccccc1)C(=O)N(CCc1ccccc1)C(=O)NC. The van der Waals surface area contributed by atoms with E-state index in [1.54, 1.807) is 0 Å². The third-order valence-electron chi connectivity index (χ3n) is 8.10. The predicted octanol–water partition coefficient (Wildman–Crippen LogP) is 9.02. The number of nitrogens with zero attached hydrogens (tertiary/aromatic N) is 1. The van der Waals surface area contributed by atoms with Gasteiger partial charge in [-0.1, -0.05) is 157 Å². The van der Waals surface area contributed by atoms with Crippen LogP contribution in [-0.4, -0.2) is 36.4 Å². The first kappa shape index (κ1) is 36.0. The maximum atomic E-state index is 13.7. The highest BCUT2D eigenvalue weighted by Crippen LogP contribution is 2.21. The number of ether oxygens (including phenoxy) is 1. The second-order valence-electron chi connectivity index (χ2n) is 11.7. The Morgan fingerprint density at radius 2 is 1.19 bits per heavy atom. The highest BCUT2D eigenvalue weighted by atomic mass is 16.5. The molecule has 0 spiro atoms. The van der Waals surface area contributed by atoms with E-state index < -0.39 is 17.9 Å². The van der Waals surface area contributed by atoms with Crippen LogP contribution in [-0.2, 0) is 27.4 Å². The second kappa shape index (κ2) is 23.3. The molecule has 0 fully saturated rings. The summed E-state index contributed by atoms with van der Waals surface area (Å²) in [7, 11) is 1.53. The summed E-state index contributed by atoms with van der Waals surface area (Å²) in [6, 6.07) is 18.9. The van der Waals surface area contributed by atoms with E-state index in [9.17, 15) is 14.4 Å².